The summed E-state index contributed by atoms with van der Waals surface area (Å²) in [6.45, 7) is 1.51. The van der Waals surface area contributed by atoms with Crippen molar-refractivity contribution in [3.63, 3.8) is 0 Å². The largest absolute Gasteiger partial charge is 0.497 e. The van der Waals surface area contributed by atoms with E-state index in [-0.39, 0.29) is 5.91 Å². The lowest BCUT2D eigenvalue weighted by molar-refractivity contribution is -0.140. The van der Waals surface area contributed by atoms with Gasteiger partial charge in [-0.25, -0.2) is 4.98 Å². The Kier molecular flexibility index (Phi) is 5.75. The van der Waals surface area contributed by atoms with Crippen LogP contribution in [0, 0.1) is 0 Å². The second-order valence-corrected chi connectivity index (χ2v) is 6.86. The first-order chi connectivity index (χ1) is 12.6. The highest BCUT2D eigenvalue weighted by Crippen LogP contribution is 2.35. The fourth-order valence-corrected chi connectivity index (χ4v) is 3.74. The predicted octanol–water partition coefficient (Wildman–Crippen LogP) is 2.53. The Labute approximate surface area is 156 Å². The van der Waals surface area contributed by atoms with Crippen molar-refractivity contribution in [1.82, 2.24) is 10.3 Å². The van der Waals surface area contributed by atoms with E-state index in [1.807, 2.05) is 23.6 Å². The molecule has 1 aliphatic rings. The van der Waals surface area contributed by atoms with E-state index in [9.17, 15) is 4.79 Å². The van der Waals surface area contributed by atoms with Crippen LogP contribution in [0.4, 0.5) is 5.13 Å². The van der Waals surface area contributed by atoms with E-state index in [0.29, 0.717) is 29.5 Å². The number of carbonyl (C=O) groups excluding carboxylic acids is 1. The standard InChI is InChI=1S/C18H23N3O4S/c1-23-12-4-5-15(24-2)13(10-12)14-11-26-17(20-14)21-16(22)18(25-3)6-8-19-9-7-18/h4-5,10-11,19H,6-9H2,1-3H3,(H,20,21,22). The van der Waals surface area contributed by atoms with Crippen molar-refractivity contribution in [2.45, 2.75) is 18.4 Å². The number of benzene rings is 1. The molecular weight excluding hydrogens is 354 g/mol. The number of hydrogen-bond donors (Lipinski definition) is 2. The first-order valence-electron chi connectivity index (χ1n) is 8.37. The molecule has 2 heterocycles. The number of nitrogens with one attached hydrogen (secondary N) is 2. The SMILES string of the molecule is COc1ccc(OC)c(-c2csc(NC(=O)C3(OC)CCNCC3)n2)c1. The summed E-state index contributed by atoms with van der Waals surface area (Å²) >= 11 is 1.37. The van der Waals surface area contributed by atoms with Crippen molar-refractivity contribution in [2.75, 3.05) is 39.7 Å². The van der Waals surface area contributed by atoms with Gasteiger partial charge in [0.2, 0.25) is 0 Å². The van der Waals surface area contributed by atoms with Crippen molar-refractivity contribution >= 4 is 22.4 Å². The highest BCUT2D eigenvalue weighted by atomic mass is 32.1. The number of carbonyl (C=O) groups is 1. The lowest BCUT2D eigenvalue weighted by atomic mass is 9.91. The number of hydrogen-bond acceptors (Lipinski definition) is 7. The Hall–Kier alpha value is -2.16. The van der Waals surface area contributed by atoms with Crippen LogP contribution < -0.4 is 20.1 Å². The lowest BCUT2D eigenvalue weighted by Crippen LogP contribution is -2.51. The Bertz CT molecular complexity index is 772. The maximum Gasteiger partial charge on any atom is 0.258 e. The third-order valence-electron chi connectivity index (χ3n) is 4.62. The summed E-state index contributed by atoms with van der Waals surface area (Å²) in [5, 5.41) is 8.56. The molecular formula is C18H23N3O4S. The van der Waals surface area contributed by atoms with Crippen molar-refractivity contribution < 1.29 is 19.0 Å². The molecule has 0 aliphatic carbocycles. The average molecular weight is 377 g/mol. The van der Waals surface area contributed by atoms with E-state index in [2.05, 4.69) is 15.6 Å². The van der Waals surface area contributed by atoms with Crippen molar-refractivity contribution in [3.8, 4) is 22.8 Å². The summed E-state index contributed by atoms with van der Waals surface area (Å²) < 4.78 is 16.3. The van der Waals surface area contributed by atoms with Gasteiger partial charge in [0.05, 0.1) is 19.9 Å². The zero-order valence-corrected chi connectivity index (χ0v) is 15.9. The lowest BCUT2D eigenvalue weighted by Gasteiger charge is -2.34. The maximum absolute atomic E-state index is 12.7. The summed E-state index contributed by atoms with van der Waals surface area (Å²) in [6.07, 6.45) is 1.27. The zero-order chi connectivity index (χ0) is 18.6. The van der Waals surface area contributed by atoms with Crippen LogP contribution in [0.1, 0.15) is 12.8 Å². The second-order valence-electron chi connectivity index (χ2n) is 6.01. The van der Waals surface area contributed by atoms with Crippen LogP contribution in [-0.2, 0) is 9.53 Å². The van der Waals surface area contributed by atoms with Crippen LogP contribution in [-0.4, -0.2) is 50.9 Å². The molecule has 3 rings (SSSR count). The van der Waals surface area contributed by atoms with Gasteiger partial charge in [-0.05, 0) is 44.1 Å². The minimum Gasteiger partial charge on any atom is -0.497 e. The van der Waals surface area contributed by atoms with Gasteiger partial charge in [-0.3, -0.25) is 10.1 Å². The maximum atomic E-state index is 12.7. The van der Waals surface area contributed by atoms with Gasteiger partial charge < -0.3 is 19.5 Å². The Morgan fingerprint density at radius 2 is 2.00 bits per heavy atom. The van der Waals surface area contributed by atoms with Gasteiger partial charge in [0.25, 0.3) is 5.91 Å². The smallest absolute Gasteiger partial charge is 0.258 e. The van der Waals surface area contributed by atoms with E-state index >= 15 is 0 Å². The summed E-state index contributed by atoms with van der Waals surface area (Å²) in [4.78, 5) is 17.3. The Morgan fingerprint density at radius 1 is 1.23 bits per heavy atom. The average Bonchev–Trinajstić information content (AvgIpc) is 3.16. The second kappa shape index (κ2) is 8.03. The molecule has 1 aromatic heterocycles. The fourth-order valence-electron chi connectivity index (χ4n) is 3.03. The van der Waals surface area contributed by atoms with Crippen LogP contribution in [0.15, 0.2) is 23.6 Å². The number of amides is 1. The van der Waals surface area contributed by atoms with Gasteiger partial charge in [-0.1, -0.05) is 0 Å². The first kappa shape index (κ1) is 18.6. The van der Waals surface area contributed by atoms with Crippen LogP contribution in [0.5, 0.6) is 11.5 Å². The summed E-state index contributed by atoms with van der Waals surface area (Å²) in [6, 6.07) is 5.53. The van der Waals surface area contributed by atoms with Crippen LogP contribution in [0.25, 0.3) is 11.3 Å². The van der Waals surface area contributed by atoms with E-state index in [0.717, 1.165) is 24.3 Å². The molecule has 1 saturated heterocycles. The number of rotatable bonds is 6. The van der Waals surface area contributed by atoms with Gasteiger partial charge >= 0.3 is 0 Å². The molecule has 1 aliphatic heterocycles. The molecule has 1 fully saturated rings. The van der Waals surface area contributed by atoms with Gasteiger partial charge in [-0.2, -0.15) is 0 Å². The van der Waals surface area contributed by atoms with E-state index < -0.39 is 5.60 Å². The number of thiazole rings is 1. The van der Waals surface area contributed by atoms with E-state index in [4.69, 9.17) is 14.2 Å². The number of anilines is 1. The zero-order valence-electron chi connectivity index (χ0n) is 15.1. The van der Waals surface area contributed by atoms with Crippen molar-refractivity contribution in [3.05, 3.63) is 23.6 Å². The molecule has 8 heteroatoms. The van der Waals surface area contributed by atoms with E-state index in [1.165, 1.54) is 11.3 Å². The monoisotopic (exact) mass is 377 g/mol. The number of piperidine rings is 1. The number of aromatic nitrogens is 1. The summed E-state index contributed by atoms with van der Waals surface area (Å²) in [7, 11) is 4.81. The van der Waals surface area contributed by atoms with Crippen LogP contribution in [0.2, 0.25) is 0 Å². The molecule has 1 aromatic carbocycles. The van der Waals surface area contributed by atoms with Gasteiger partial charge in [-0.15, -0.1) is 11.3 Å². The van der Waals surface area contributed by atoms with Gasteiger partial charge in [0, 0.05) is 18.1 Å². The molecule has 0 spiro atoms. The van der Waals surface area contributed by atoms with Crippen molar-refractivity contribution in [2.24, 2.45) is 0 Å². The summed E-state index contributed by atoms with van der Waals surface area (Å²) in [5.41, 5.74) is 0.731. The summed E-state index contributed by atoms with van der Waals surface area (Å²) in [5.74, 6) is 1.26. The third kappa shape index (κ3) is 3.67. The van der Waals surface area contributed by atoms with Crippen LogP contribution in [0.3, 0.4) is 0 Å². The first-order valence-corrected chi connectivity index (χ1v) is 9.25. The minimum atomic E-state index is -0.801. The molecule has 2 aromatic rings. The number of ether oxygens (including phenoxy) is 3. The molecule has 0 bridgehead atoms. The topological polar surface area (TPSA) is 81.7 Å². The molecule has 0 atom stereocenters. The van der Waals surface area contributed by atoms with Gasteiger partial charge in [0.1, 0.15) is 17.1 Å². The molecule has 0 radical (unpaired) electrons. The third-order valence-corrected chi connectivity index (χ3v) is 5.38. The Morgan fingerprint density at radius 3 is 2.65 bits per heavy atom. The highest BCUT2D eigenvalue weighted by Gasteiger charge is 2.40. The number of nitrogens with zero attached hydrogens (tertiary/aromatic N) is 1. The van der Waals surface area contributed by atoms with Crippen LogP contribution >= 0.6 is 11.3 Å². The number of methoxy groups -OCH3 is 3. The molecule has 140 valence electrons. The van der Waals surface area contributed by atoms with Crippen molar-refractivity contribution in [1.29, 1.82) is 0 Å². The van der Waals surface area contributed by atoms with E-state index in [1.54, 1.807) is 21.3 Å². The molecule has 0 saturated carbocycles. The molecule has 1 amide bonds. The van der Waals surface area contributed by atoms with Gasteiger partial charge in [0.15, 0.2) is 5.13 Å². The molecule has 2 N–H and O–H groups in total. The normalized spacial score (nSPS) is 16.1. The fraction of sp³-hybridized carbons (Fsp3) is 0.444. The predicted molar refractivity (Wildman–Crippen MR) is 101 cm³/mol. The quantitative estimate of drug-likeness (QED) is 0.805. The minimum absolute atomic E-state index is 0.153. The molecule has 26 heavy (non-hydrogen) atoms. The molecule has 0 unspecified atom stereocenters. The highest BCUT2D eigenvalue weighted by molar-refractivity contribution is 7.14. The Balaban J connectivity index is 1.81. The molecule has 7 nitrogen and oxygen atoms in total.